The molecule has 140 valence electrons. The Balaban J connectivity index is 1.65. The molecule has 2 aromatic carbocycles. The molecule has 2 aromatic heterocycles. The van der Waals surface area contributed by atoms with Crippen molar-refractivity contribution in [2.24, 2.45) is 7.05 Å². The first-order chi connectivity index (χ1) is 13.8. The van der Waals surface area contributed by atoms with Crippen LogP contribution in [0.2, 0.25) is 0 Å². The smallest absolute Gasteiger partial charge is 0.227 e. The van der Waals surface area contributed by atoms with Crippen molar-refractivity contribution in [3.05, 3.63) is 72.6 Å². The Bertz CT molecular complexity index is 1110. The van der Waals surface area contributed by atoms with Crippen LogP contribution in [0.4, 0.5) is 5.95 Å². The van der Waals surface area contributed by atoms with Crippen LogP contribution >= 0.6 is 0 Å². The molecule has 4 aromatic rings. The highest BCUT2D eigenvalue weighted by Crippen LogP contribution is 2.32. The Labute approximate surface area is 163 Å². The third kappa shape index (κ3) is 3.01. The van der Waals surface area contributed by atoms with Crippen LogP contribution in [0.15, 0.2) is 67.0 Å². The van der Waals surface area contributed by atoms with Crippen molar-refractivity contribution in [3.63, 3.8) is 0 Å². The summed E-state index contributed by atoms with van der Waals surface area (Å²) in [5.41, 5.74) is 4.11. The number of benzene rings is 2. The highest BCUT2D eigenvalue weighted by atomic mass is 16.5. The number of morpholine rings is 1. The van der Waals surface area contributed by atoms with Crippen LogP contribution in [-0.2, 0) is 11.8 Å². The molecular weight excluding hydrogens is 350 g/mol. The summed E-state index contributed by atoms with van der Waals surface area (Å²) in [5.74, 6) is 0.731. The zero-order chi connectivity index (χ0) is 18.9. The molecule has 1 unspecified atom stereocenters. The van der Waals surface area contributed by atoms with Crippen LogP contribution in [0.3, 0.4) is 0 Å². The van der Waals surface area contributed by atoms with E-state index in [1.165, 1.54) is 0 Å². The van der Waals surface area contributed by atoms with E-state index in [4.69, 9.17) is 14.7 Å². The maximum Gasteiger partial charge on any atom is 0.227 e. The number of aromatic nitrogens is 4. The summed E-state index contributed by atoms with van der Waals surface area (Å²) in [5, 5.41) is 5.39. The van der Waals surface area contributed by atoms with Crippen LogP contribution < -0.4 is 4.90 Å². The predicted molar refractivity (Wildman–Crippen MR) is 109 cm³/mol. The van der Waals surface area contributed by atoms with Gasteiger partial charge < -0.3 is 9.64 Å². The van der Waals surface area contributed by atoms with Gasteiger partial charge in [-0.05, 0) is 6.07 Å². The lowest BCUT2D eigenvalue weighted by Crippen LogP contribution is -2.40. The monoisotopic (exact) mass is 371 g/mol. The maximum absolute atomic E-state index is 5.77. The van der Waals surface area contributed by atoms with E-state index in [0.29, 0.717) is 13.2 Å². The van der Waals surface area contributed by atoms with Gasteiger partial charge in [-0.2, -0.15) is 5.10 Å². The van der Waals surface area contributed by atoms with Crippen LogP contribution in [0, 0.1) is 0 Å². The average Bonchev–Trinajstić information content (AvgIpc) is 3.20. The van der Waals surface area contributed by atoms with Gasteiger partial charge in [0.15, 0.2) is 0 Å². The summed E-state index contributed by atoms with van der Waals surface area (Å²) in [6.07, 6.45) is 3.93. The first-order valence-electron chi connectivity index (χ1n) is 9.45. The molecule has 0 radical (unpaired) electrons. The number of rotatable bonds is 3. The van der Waals surface area contributed by atoms with Gasteiger partial charge in [-0.1, -0.05) is 48.5 Å². The fourth-order valence-corrected chi connectivity index (χ4v) is 3.74. The number of hydrogen-bond acceptors (Lipinski definition) is 5. The second kappa shape index (κ2) is 7.05. The van der Waals surface area contributed by atoms with Gasteiger partial charge in [0, 0.05) is 36.3 Å². The van der Waals surface area contributed by atoms with Crippen molar-refractivity contribution < 1.29 is 4.74 Å². The van der Waals surface area contributed by atoms with E-state index in [-0.39, 0.29) is 6.04 Å². The normalized spacial score (nSPS) is 17.2. The molecule has 5 rings (SSSR count). The van der Waals surface area contributed by atoms with Crippen LogP contribution in [0.1, 0.15) is 11.6 Å². The molecule has 1 saturated heterocycles. The molecule has 1 aliphatic rings. The van der Waals surface area contributed by atoms with E-state index in [1.807, 2.05) is 60.5 Å². The van der Waals surface area contributed by atoms with E-state index >= 15 is 0 Å². The molecule has 1 aliphatic heterocycles. The Morgan fingerprint density at radius 1 is 1.00 bits per heavy atom. The van der Waals surface area contributed by atoms with Crippen molar-refractivity contribution in [1.82, 2.24) is 19.7 Å². The maximum atomic E-state index is 5.77. The summed E-state index contributed by atoms with van der Waals surface area (Å²) in [6, 6.07) is 18.5. The molecule has 0 amide bonds. The number of aryl methyl sites for hydroxylation is 1. The van der Waals surface area contributed by atoms with Gasteiger partial charge in [0.05, 0.1) is 36.7 Å². The number of fused-ring (bicyclic) bond motifs is 1. The Morgan fingerprint density at radius 2 is 1.82 bits per heavy atom. The molecule has 6 nitrogen and oxygen atoms in total. The Kier molecular flexibility index (Phi) is 4.25. The third-order valence-corrected chi connectivity index (χ3v) is 5.13. The highest BCUT2D eigenvalue weighted by Gasteiger charge is 2.28. The summed E-state index contributed by atoms with van der Waals surface area (Å²) >= 11 is 0. The molecule has 0 N–H and O–H groups in total. The van der Waals surface area contributed by atoms with Gasteiger partial charge in [-0.15, -0.1) is 0 Å². The second-order valence-electron chi connectivity index (χ2n) is 6.99. The van der Waals surface area contributed by atoms with E-state index in [0.717, 1.165) is 40.2 Å². The van der Waals surface area contributed by atoms with Crippen molar-refractivity contribution in [3.8, 4) is 11.3 Å². The first kappa shape index (κ1) is 16.9. The van der Waals surface area contributed by atoms with Crippen LogP contribution in [0.25, 0.3) is 22.2 Å². The van der Waals surface area contributed by atoms with Gasteiger partial charge in [0.1, 0.15) is 0 Å². The van der Waals surface area contributed by atoms with E-state index in [2.05, 4.69) is 28.2 Å². The predicted octanol–water partition coefficient (Wildman–Crippen LogP) is 3.61. The van der Waals surface area contributed by atoms with Gasteiger partial charge in [-0.3, -0.25) is 4.68 Å². The van der Waals surface area contributed by atoms with Crippen molar-refractivity contribution in [1.29, 1.82) is 0 Å². The van der Waals surface area contributed by atoms with Crippen molar-refractivity contribution in [2.45, 2.75) is 6.04 Å². The molecule has 3 heterocycles. The average molecular weight is 371 g/mol. The third-order valence-electron chi connectivity index (χ3n) is 5.13. The summed E-state index contributed by atoms with van der Waals surface area (Å²) in [7, 11) is 1.93. The minimum atomic E-state index is 0.0484. The fraction of sp³-hybridized carbons (Fsp3) is 0.227. The largest absolute Gasteiger partial charge is 0.377 e. The standard InChI is InChI=1S/C22H21N5O/c1-26-14-17(13-23-26)20-15-28-12-11-27(20)22-24-19-10-6-5-9-18(19)21(25-22)16-7-3-2-4-8-16/h2-10,13-14,20H,11-12,15H2,1H3. The number of para-hydroxylation sites is 1. The van der Waals surface area contributed by atoms with Gasteiger partial charge in [-0.25, -0.2) is 9.97 Å². The Morgan fingerprint density at radius 3 is 2.64 bits per heavy atom. The fourth-order valence-electron chi connectivity index (χ4n) is 3.74. The lowest BCUT2D eigenvalue weighted by Gasteiger charge is -2.35. The first-order valence-corrected chi connectivity index (χ1v) is 9.45. The van der Waals surface area contributed by atoms with Gasteiger partial charge in [0.2, 0.25) is 5.95 Å². The minimum Gasteiger partial charge on any atom is -0.377 e. The molecule has 28 heavy (non-hydrogen) atoms. The summed E-state index contributed by atoms with van der Waals surface area (Å²) < 4.78 is 7.58. The van der Waals surface area contributed by atoms with E-state index in [1.54, 1.807) is 0 Å². The lowest BCUT2D eigenvalue weighted by atomic mass is 10.1. The van der Waals surface area contributed by atoms with E-state index < -0.39 is 0 Å². The van der Waals surface area contributed by atoms with E-state index in [9.17, 15) is 0 Å². The number of ether oxygens (including phenoxy) is 1. The number of nitrogens with zero attached hydrogens (tertiary/aromatic N) is 5. The quantitative estimate of drug-likeness (QED) is 0.551. The van der Waals surface area contributed by atoms with Gasteiger partial charge in [0.25, 0.3) is 0 Å². The van der Waals surface area contributed by atoms with Crippen LogP contribution in [0.5, 0.6) is 0 Å². The molecule has 0 aliphatic carbocycles. The number of anilines is 1. The molecular formula is C22H21N5O. The van der Waals surface area contributed by atoms with Crippen molar-refractivity contribution >= 4 is 16.9 Å². The molecule has 1 atom stereocenters. The SMILES string of the molecule is Cn1cc(C2COCCN2c2nc(-c3ccccc3)c3ccccc3n2)cn1. The van der Waals surface area contributed by atoms with Crippen molar-refractivity contribution in [2.75, 3.05) is 24.7 Å². The molecule has 1 fully saturated rings. The highest BCUT2D eigenvalue weighted by molar-refractivity contribution is 5.93. The topological polar surface area (TPSA) is 56.1 Å². The minimum absolute atomic E-state index is 0.0484. The second-order valence-corrected chi connectivity index (χ2v) is 6.99. The lowest BCUT2D eigenvalue weighted by molar-refractivity contribution is 0.0933. The van der Waals surface area contributed by atoms with Crippen LogP contribution in [-0.4, -0.2) is 39.5 Å². The molecule has 0 saturated carbocycles. The summed E-state index contributed by atoms with van der Waals surface area (Å²) in [6.45, 7) is 2.00. The Hall–Kier alpha value is -3.25. The summed E-state index contributed by atoms with van der Waals surface area (Å²) in [4.78, 5) is 12.1. The zero-order valence-corrected chi connectivity index (χ0v) is 15.7. The molecule has 6 heteroatoms. The van der Waals surface area contributed by atoms with Gasteiger partial charge >= 0.3 is 0 Å². The molecule has 0 bridgehead atoms. The zero-order valence-electron chi connectivity index (χ0n) is 15.7. The molecule has 0 spiro atoms. The number of hydrogen-bond donors (Lipinski definition) is 0.